The number of benzene rings is 3. The quantitative estimate of drug-likeness (QED) is 0.545. The molecule has 8 heteroatoms. The van der Waals surface area contributed by atoms with Gasteiger partial charge in [0.05, 0.1) is 12.0 Å². The average Bonchev–Trinajstić information content (AvgIpc) is 2.83. The second-order valence-corrected chi connectivity index (χ2v) is 10.3. The summed E-state index contributed by atoms with van der Waals surface area (Å²) in [6.07, 6.45) is 0.919. The number of halogens is 1. The Morgan fingerprint density at radius 2 is 1.67 bits per heavy atom. The molecule has 1 aliphatic heterocycles. The van der Waals surface area contributed by atoms with Crippen molar-refractivity contribution in [3.05, 3.63) is 72.0 Å². The van der Waals surface area contributed by atoms with E-state index in [1.165, 1.54) is 16.4 Å². The van der Waals surface area contributed by atoms with Crippen LogP contribution in [0.2, 0.25) is 0 Å². The molecule has 0 aromatic heterocycles. The summed E-state index contributed by atoms with van der Waals surface area (Å²) >= 11 is 0. The Kier molecular flexibility index (Phi) is 6.67. The van der Waals surface area contributed by atoms with Crippen molar-refractivity contribution >= 4 is 26.7 Å². The molecule has 0 bridgehead atoms. The largest absolute Gasteiger partial charge is 0.497 e. The van der Waals surface area contributed by atoms with Crippen LogP contribution in [0.5, 0.6) is 5.75 Å². The average molecular weight is 471 g/mol. The molecule has 0 unspecified atom stereocenters. The van der Waals surface area contributed by atoms with Crippen molar-refractivity contribution in [1.82, 2.24) is 9.21 Å². The Bertz CT molecular complexity index is 1250. The highest BCUT2D eigenvalue weighted by atomic mass is 32.2. The molecular weight excluding hydrogens is 443 g/mol. The molecule has 1 fully saturated rings. The van der Waals surface area contributed by atoms with Gasteiger partial charge in [0.15, 0.2) is 0 Å². The summed E-state index contributed by atoms with van der Waals surface area (Å²) < 4.78 is 45.4. The van der Waals surface area contributed by atoms with Gasteiger partial charge in [-0.1, -0.05) is 18.2 Å². The SMILES string of the molecule is COc1ccc2cc(CN(C)C(=O)C3CCN(S(=O)(=O)c4ccc(F)cc4)CC3)ccc2c1. The predicted molar refractivity (Wildman–Crippen MR) is 125 cm³/mol. The fraction of sp³-hybridized carbons (Fsp3) is 0.320. The van der Waals surface area contributed by atoms with E-state index >= 15 is 0 Å². The Hall–Kier alpha value is -2.97. The molecule has 0 N–H and O–H groups in total. The van der Waals surface area contributed by atoms with Gasteiger partial charge >= 0.3 is 0 Å². The van der Waals surface area contributed by atoms with Gasteiger partial charge in [0.1, 0.15) is 11.6 Å². The number of nitrogens with zero attached hydrogens (tertiary/aromatic N) is 2. The van der Waals surface area contributed by atoms with Crippen molar-refractivity contribution in [2.24, 2.45) is 5.92 Å². The third-order valence-corrected chi connectivity index (χ3v) is 8.08. The first-order chi connectivity index (χ1) is 15.8. The molecule has 6 nitrogen and oxygen atoms in total. The maximum Gasteiger partial charge on any atom is 0.243 e. The Labute approximate surface area is 193 Å². The molecule has 0 aliphatic carbocycles. The topological polar surface area (TPSA) is 66.9 Å². The van der Waals surface area contributed by atoms with E-state index in [1.54, 1.807) is 19.1 Å². The zero-order valence-electron chi connectivity index (χ0n) is 18.7. The molecule has 33 heavy (non-hydrogen) atoms. The van der Waals surface area contributed by atoms with Crippen molar-refractivity contribution in [1.29, 1.82) is 0 Å². The molecule has 1 saturated heterocycles. The van der Waals surface area contributed by atoms with Gasteiger partial charge in [0.25, 0.3) is 0 Å². The van der Waals surface area contributed by atoms with Crippen molar-refractivity contribution in [2.75, 3.05) is 27.2 Å². The monoisotopic (exact) mass is 470 g/mol. The molecule has 0 atom stereocenters. The maximum atomic E-state index is 13.1. The van der Waals surface area contributed by atoms with E-state index < -0.39 is 15.8 Å². The van der Waals surface area contributed by atoms with E-state index in [2.05, 4.69) is 6.07 Å². The van der Waals surface area contributed by atoms with Gasteiger partial charge in [-0.3, -0.25) is 4.79 Å². The van der Waals surface area contributed by atoms with Crippen LogP contribution in [0.4, 0.5) is 4.39 Å². The number of hydrogen-bond acceptors (Lipinski definition) is 4. The lowest BCUT2D eigenvalue weighted by atomic mass is 9.96. The van der Waals surface area contributed by atoms with Crippen molar-refractivity contribution < 1.29 is 22.3 Å². The zero-order valence-corrected chi connectivity index (χ0v) is 19.5. The minimum Gasteiger partial charge on any atom is -0.497 e. The first-order valence-corrected chi connectivity index (χ1v) is 12.3. The summed E-state index contributed by atoms with van der Waals surface area (Å²) in [6, 6.07) is 16.8. The summed E-state index contributed by atoms with van der Waals surface area (Å²) in [6.45, 7) is 1.01. The Balaban J connectivity index is 1.37. The molecule has 0 spiro atoms. The van der Waals surface area contributed by atoms with E-state index in [4.69, 9.17) is 4.74 Å². The molecule has 1 amide bonds. The maximum absolute atomic E-state index is 13.1. The van der Waals surface area contributed by atoms with Crippen LogP contribution in [-0.2, 0) is 21.4 Å². The normalized spacial score (nSPS) is 15.5. The molecule has 3 aromatic carbocycles. The number of carbonyl (C=O) groups is 1. The summed E-state index contributed by atoms with van der Waals surface area (Å²) in [5.74, 6) is 0.116. The van der Waals surface area contributed by atoms with E-state index in [0.29, 0.717) is 19.4 Å². The Morgan fingerprint density at radius 1 is 1.03 bits per heavy atom. The molecule has 4 rings (SSSR count). The van der Waals surface area contributed by atoms with Crippen LogP contribution in [0.3, 0.4) is 0 Å². The number of ether oxygens (including phenoxy) is 1. The van der Waals surface area contributed by atoms with E-state index in [9.17, 15) is 17.6 Å². The highest BCUT2D eigenvalue weighted by Gasteiger charge is 2.33. The number of sulfonamides is 1. The van der Waals surface area contributed by atoms with Crippen LogP contribution in [-0.4, -0.2) is 50.8 Å². The number of hydrogen-bond donors (Lipinski definition) is 0. The third kappa shape index (κ3) is 5.02. The van der Waals surface area contributed by atoms with Gasteiger partial charge < -0.3 is 9.64 Å². The molecule has 1 aliphatic rings. The van der Waals surface area contributed by atoms with Crippen molar-refractivity contribution in [3.63, 3.8) is 0 Å². The second-order valence-electron chi connectivity index (χ2n) is 8.37. The summed E-state index contributed by atoms with van der Waals surface area (Å²) in [7, 11) is -0.272. The number of fused-ring (bicyclic) bond motifs is 1. The minimum absolute atomic E-state index is 0.0173. The Morgan fingerprint density at radius 3 is 2.33 bits per heavy atom. The van der Waals surface area contributed by atoms with Crippen molar-refractivity contribution in [2.45, 2.75) is 24.3 Å². The number of piperidine rings is 1. The minimum atomic E-state index is -3.69. The standard InChI is InChI=1S/C25H27FN2O4S/c1-27(17-18-3-4-21-16-23(32-2)8-5-20(21)15-18)25(29)19-11-13-28(14-12-19)33(30,31)24-9-6-22(26)7-10-24/h3-10,15-16,19H,11-14,17H2,1-2H3. The van der Waals surface area contributed by atoms with E-state index in [0.717, 1.165) is 34.2 Å². The van der Waals surface area contributed by atoms with Crippen LogP contribution in [0.15, 0.2) is 65.6 Å². The van der Waals surface area contributed by atoms with Crippen LogP contribution < -0.4 is 4.74 Å². The molecule has 174 valence electrons. The highest BCUT2D eigenvalue weighted by Crippen LogP contribution is 2.26. The smallest absolute Gasteiger partial charge is 0.243 e. The summed E-state index contributed by atoms with van der Waals surface area (Å²) in [5, 5.41) is 2.15. The predicted octanol–water partition coefficient (Wildman–Crippen LogP) is 4.05. The number of methoxy groups -OCH3 is 1. The third-order valence-electron chi connectivity index (χ3n) is 6.16. The zero-order chi connectivity index (χ0) is 23.6. The molecule has 0 saturated carbocycles. The second kappa shape index (κ2) is 9.49. The fourth-order valence-electron chi connectivity index (χ4n) is 4.26. The lowest BCUT2D eigenvalue weighted by molar-refractivity contribution is -0.135. The van der Waals surface area contributed by atoms with Gasteiger partial charge in [-0.05, 0) is 71.6 Å². The highest BCUT2D eigenvalue weighted by molar-refractivity contribution is 7.89. The summed E-state index contributed by atoms with van der Waals surface area (Å²) in [5.41, 5.74) is 1.03. The van der Waals surface area contributed by atoms with Gasteiger partial charge in [-0.25, -0.2) is 12.8 Å². The van der Waals surface area contributed by atoms with Gasteiger partial charge in [-0.15, -0.1) is 0 Å². The lowest BCUT2D eigenvalue weighted by Crippen LogP contribution is -2.43. The molecule has 1 heterocycles. The van der Waals surface area contributed by atoms with Crippen LogP contribution in [0.1, 0.15) is 18.4 Å². The molecule has 0 radical (unpaired) electrons. The molecular formula is C25H27FN2O4S. The van der Waals surface area contributed by atoms with E-state index in [-0.39, 0.29) is 29.8 Å². The lowest BCUT2D eigenvalue weighted by Gasteiger charge is -2.32. The summed E-state index contributed by atoms with van der Waals surface area (Å²) in [4.78, 5) is 14.8. The van der Waals surface area contributed by atoms with Crippen LogP contribution in [0, 0.1) is 11.7 Å². The van der Waals surface area contributed by atoms with Gasteiger partial charge in [-0.2, -0.15) is 4.31 Å². The van der Waals surface area contributed by atoms with Crippen LogP contribution >= 0.6 is 0 Å². The van der Waals surface area contributed by atoms with Gasteiger partial charge in [0, 0.05) is 32.6 Å². The molecule has 3 aromatic rings. The van der Waals surface area contributed by atoms with Gasteiger partial charge in [0.2, 0.25) is 15.9 Å². The van der Waals surface area contributed by atoms with E-state index in [1.807, 2.05) is 30.3 Å². The number of carbonyl (C=O) groups excluding carboxylic acids is 1. The number of rotatable bonds is 6. The van der Waals surface area contributed by atoms with Crippen molar-refractivity contribution in [3.8, 4) is 5.75 Å². The van der Waals surface area contributed by atoms with Crippen LogP contribution in [0.25, 0.3) is 10.8 Å². The number of amides is 1. The first kappa shape index (κ1) is 23.2. The fourth-order valence-corrected chi connectivity index (χ4v) is 5.73. The first-order valence-electron chi connectivity index (χ1n) is 10.9.